The van der Waals surface area contributed by atoms with Gasteiger partial charge < -0.3 is 15.3 Å². The summed E-state index contributed by atoms with van der Waals surface area (Å²) in [5.41, 5.74) is 2.78. The molecular weight excluding hydrogens is 352 g/mol. The van der Waals surface area contributed by atoms with Gasteiger partial charge >= 0.3 is 6.09 Å². The van der Waals surface area contributed by atoms with Gasteiger partial charge in [0.1, 0.15) is 0 Å². The first-order valence-corrected chi connectivity index (χ1v) is 9.71. The number of anilines is 1. The van der Waals surface area contributed by atoms with Gasteiger partial charge in [-0.15, -0.1) is 0 Å². The molecule has 0 aromatic heterocycles. The smallest absolute Gasteiger partial charge is 0.407 e. The van der Waals surface area contributed by atoms with Gasteiger partial charge in [0.15, 0.2) is 0 Å². The normalized spacial score (nSPS) is 19.9. The molecule has 1 aliphatic rings. The van der Waals surface area contributed by atoms with Crippen molar-refractivity contribution in [3.05, 3.63) is 54.6 Å². The Morgan fingerprint density at radius 3 is 2.18 bits per heavy atom. The highest BCUT2D eigenvalue weighted by molar-refractivity contribution is 5.93. The van der Waals surface area contributed by atoms with E-state index in [2.05, 4.69) is 17.4 Å². The highest BCUT2D eigenvalue weighted by atomic mass is 16.4. The van der Waals surface area contributed by atoms with E-state index in [1.165, 1.54) is 4.90 Å². The predicted molar refractivity (Wildman–Crippen MR) is 111 cm³/mol. The van der Waals surface area contributed by atoms with Crippen molar-refractivity contribution in [3.63, 3.8) is 0 Å². The Bertz CT molecular complexity index is 825. The number of benzene rings is 2. The number of carboxylic acid groups (broad SMARTS) is 1. The summed E-state index contributed by atoms with van der Waals surface area (Å²) in [4.78, 5) is 25.8. The van der Waals surface area contributed by atoms with E-state index in [0.717, 1.165) is 16.8 Å². The highest BCUT2D eigenvalue weighted by Crippen LogP contribution is 2.35. The third-order valence-corrected chi connectivity index (χ3v) is 5.48. The first-order valence-electron chi connectivity index (χ1n) is 9.71. The molecule has 0 aliphatic carbocycles. The average molecular weight is 380 g/mol. The first-order chi connectivity index (χ1) is 13.3. The van der Waals surface area contributed by atoms with Gasteiger partial charge in [-0.25, -0.2) is 4.79 Å². The molecule has 2 aromatic carbocycles. The van der Waals surface area contributed by atoms with Crippen molar-refractivity contribution in [2.75, 3.05) is 11.9 Å². The third kappa shape index (κ3) is 4.53. The fourth-order valence-electron chi connectivity index (χ4n) is 3.87. The molecule has 2 atom stereocenters. The molecule has 3 rings (SSSR count). The molecule has 2 amide bonds. The Labute approximate surface area is 166 Å². The Kier molecular flexibility index (Phi) is 5.73. The van der Waals surface area contributed by atoms with Crippen LogP contribution in [0.15, 0.2) is 54.6 Å². The minimum Gasteiger partial charge on any atom is -0.465 e. The monoisotopic (exact) mass is 380 g/mol. The molecule has 5 heteroatoms. The van der Waals surface area contributed by atoms with Crippen molar-refractivity contribution < 1.29 is 14.7 Å². The highest BCUT2D eigenvalue weighted by Gasteiger charge is 2.40. The molecule has 0 radical (unpaired) electrons. The number of hydrogen-bond donors (Lipinski definition) is 2. The fraction of sp³-hybridized carbons (Fsp3) is 0.391. The average Bonchev–Trinajstić information content (AvgIpc) is 2.68. The van der Waals surface area contributed by atoms with E-state index < -0.39 is 6.09 Å². The van der Waals surface area contributed by atoms with Gasteiger partial charge in [0.2, 0.25) is 5.91 Å². The minimum absolute atomic E-state index is 0.0354. The van der Waals surface area contributed by atoms with Crippen LogP contribution in [0.5, 0.6) is 0 Å². The van der Waals surface area contributed by atoms with E-state index in [0.29, 0.717) is 19.4 Å². The number of carbonyl (C=O) groups excluding carboxylic acids is 1. The van der Waals surface area contributed by atoms with Crippen molar-refractivity contribution in [1.82, 2.24) is 4.90 Å². The zero-order valence-electron chi connectivity index (χ0n) is 16.7. The summed E-state index contributed by atoms with van der Waals surface area (Å²) in [7, 11) is 0. The summed E-state index contributed by atoms with van der Waals surface area (Å²) >= 11 is 0. The molecular formula is C23H28N2O3. The SMILES string of the molecule is CC(C)(C)C1CC(C(=O)Nc2ccc(-c3ccccc3)cc2)CCN1C(=O)O. The van der Waals surface area contributed by atoms with Crippen LogP contribution in [0.2, 0.25) is 0 Å². The number of piperidine rings is 1. The second-order valence-corrected chi connectivity index (χ2v) is 8.51. The maximum atomic E-state index is 12.8. The Morgan fingerprint density at radius 2 is 1.61 bits per heavy atom. The quantitative estimate of drug-likeness (QED) is 0.778. The molecule has 5 nitrogen and oxygen atoms in total. The summed E-state index contributed by atoms with van der Waals surface area (Å²) < 4.78 is 0. The Balaban J connectivity index is 1.67. The van der Waals surface area contributed by atoms with Gasteiger partial charge in [0.05, 0.1) is 0 Å². The van der Waals surface area contributed by atoms with Crippen LogP contribution < -0.4 is 5.32 Å². The van der Waals surface area contributed by atoms with E-state index in [-0.39, 0.29) is 23.3 Å². The molecule has 28 heavy (non-hydrogen) atoms. The molecule has 0 spiro atoms. The molecule has 2 aromatic rings. The van der Waals surface area contributed by atoms with Gasteiger partial charge in [-0.3, -0.25) is 4.79 Å². The molecule has 1 fully saturated rings. The van der Waals surface area contributed by atoms with Crippen LogP contribution in [0.1, 0.15) is 33.6 Å². The Morgan fingerprint density at radius 1 is 1.00 bits per heavy atom. The van der Waals surface area contributed by atoms with Gasteiger partial charge in [-0.2, -0.15) is 0 Å². The van der Waals surface area contributed by atoms with Gasteiger partial charge in [-0.05, 0) is 41.5 Å². The zero-order valence-corrected chi connectivity index (χ0v) is 16.7. The maximum absolute atomic E-state index is 12.8. The zero-order chi connectivity index (χ0) is 20.3. The number of hydrogen-bond acceptors (Lipinski definition) is 2. The molecule has 2 N–H and O–H groups in total. The summed E-state index contributed by atoms with van der Waals surface area (Å²) in [5.74, 6) is -0.222. The largest absolute Gasteiger partial charge is 0.465 e. The molecule has 0 bridgehead atoms. The van der Waals surface area contributed by atoms with Crippen LogP contribution in [-0.2, 0) is 4.79 Å². The molecule has 0 saturated carbocycles. The second kappa shape index (κ2) is 8.05. The topological polar surface area (TPSA) is 69.6 Å². The summed E-state index contributed by atoms with van der Waals surface area (Å²) in [6.07, 6.45) is 0.187. The Hall–Kier alpha value is -2.82. The van der Waals surface area contributed by atoms with Crippen molar-refractivity contribution in [2.24, 2.45) is 11.3 Å². The van der Waals surface area contributed by atoms with Crippen molar-refractivity contribution in [1.29, 1.82) is 0 Å². The summed E-state index contributed by atoms with van der Waals surface area (Å²) in [5, 5.41) is 12.5. The third-order valence-electron chi connectivity index (χ3n) is 5.48. The van der Waals surface area contributed by atoms with Crippen LogP contribution in [0.4, 0.5) is 10.5 Å². The van der Waals surface area contributed by atoms with Crippen LogP contribution in [0.25, 0.3) is 11.1 Å². The van der Waals surface area contributed by atoms with E-state index in [9.17, 15) is 14.7 Å². The standard InChI is InChI=1S/C23H28N2O3/c1-23(2,3)20-15-18(13-14-25(20)22(27)28)21(26)24-19-11-9-17(10-12-19)16-7-5-4-6-8-16/h4-12,18,20H,13-15H2,1-3H3,(H,24,26)(H,27,28). The lowest BCUT2D eigenvalue weighted by atomic mass is 9.77. The fourth-order valence-corrected chi connectivity index (χ4v) is 3.87. The van der Waals surface area contributed by atoms with Gasteiger partial charge in [0.25, 0.3) is 0 Å². The molecule has 1 heterocycles. The number of nitrogens with zero attached hydrogens (tertiary/aromatic N) is 1. The van der Waals surface area contributed by atoms with Crippen LogP contribution in [-0.4, -0.2) is 34.6 Å². The maximum Gasteiger partial charge on any atom is 0.407 e. The number of likely N-dealkylation sites (tertiary alicyclic amines) is 1. The number of rotatable bonds is 3. The lowest BCUT2D eigenvalue weighted by molar-refractivity contribution is -0.122. The molecule has 1 aliphatic heterocycles. The van der Waals surface area contributed by atoms with Crippen LogP contribution in [0.3, 0.4) is 0 Å². The van der Waals surface area contributed by atoms with Crippen LogP contribution >= 0.6 is 0 Å². The molecule has 148 valence electrons. The number of carbonyl (C=O) groups is 2. The van der Waals surface area contributed by atoms with Gasteiger partial charge in [0, 0.05) is 24.2 Å². The van der Waals surface area contributed by atoms with Gasteiger partial charge in [-0.1, -0.05) is 63.2 Å². The lowest BCUT2D eigenvalue weighted by Gasteiger charge is -2.44. The predicted octanol–water partition coefficient (Wildman–Crippen LogP) is 5.10. The van der Waals surface area contributed by atoms with Crippen LogP contribution in [0, 0.1) is 11.3 Å². The van der Waals surface area contributed by atoms with E-state index in [1.54, 1.807) is 0 Å². The van der Waals surface area contributed by atoms with E-state index >= 15 is 0 Å². The van der Waals surface area contributed by atoms with Crippen molar-refractivity contribution >= 4 is 17.7 Å². The number of amides is 2. The first kappa shape index (κ1) is 19.9. The lowest BCUT2D eigenvalue weighted by Crippen LogP contribution is -2.53. The van der Waals surface area contributed by atoms with Crippen molar-refractivity contribution in [2.45, 2.75) is 39.7 Å². The van der Waals surface area contributed by atoms with Crippen molar-refractivity contribution in [3.8, 4) is 11.1 Å². The number of nitrogens with one attached hydrogen (secondary N) is 1. The summed E-state index contributed by atoms with van der Waals surface area (Å²) in [6.45, 7) is 6.46. The minimum atomic E-state index is -0.907. The van der Waals surface area contributed by atoms with E-state index in [1.807, 2.05) is 63.2 Å². The summed E-state index contributed by atoms with van der Waals surface area (Å²) in [6, 6.07) is 17.7. The molecule has 2 unspecified atom stereocenters. The van der Waals surface area contributed by atoms with E-state index in [4.69, 9.17) is 0 Å². The molecule has 1 saturated heterocycles. The second-order valence-electron chi connectivity index (χ2n) is 8.51.